The van der Waals surface area contributed by atoms with E-state index in [1.54, 1.807) is 0 Å². The van der Waals surface area contributed by atoms with Gasteiger partial charge in [-0.25, -0.2) is 0 Å². The van der Waals surface area contributed by atoms with Crippen molar-refractivity contribution in [3.05, 3.63) is 94.0 Å². The third kappa shape index (κ3) is 4.55. The number of hydrogen-bond acceptors (Lipinski definition) is 2. The Kier molecular flexibility index (Phi) is 5.62. The van der Waals surface area contributed by atoms with Gasteiger partial charge in [-0.05, 0) is 54.8 Å². The summed E-state index contributed by atoms with van der Waals surface area (Å²) in [5.74, 6) is 0.853. The monoisotopic (exact) mass is 351 g/mol. The summed E-state index contributed by atoms with van der Waals surface area (Å²) in [7, 11) is 0. The summed E-state index contributed by atoms with van der Waals surface area (Å²) in [4.78, 5) is 0. The fourth-order valence-corrected chi connectivity index (χ4v) is 2.89. The van der Waals surface area contributed by atoms with Crippen molar-refractivity contribution in [1.29, 1.82) is 0 Å². The summed E-state index contributed by atoms with van der Waals surface area (Å²) in [5, 5.41) is 4.21. The highest BCUT2D eigenvalue weighted by molar-refractivity contribution is 6.30. The predicted octanol–water partition coefficient (Wildman–Crippen LogP) is 6.15. The van der Waals surface area contributed by atoms with Crippen LogP contribution in [0.4, 0.5) is 5.69 Å². The number of ether oxygens (including phenoxy) is 1. The van der Waals surface area contributed by atoms with Gasteiger partial charge in [0.2, 0.25) is 0 Å². The van der Waals surface area contributed by atoms with Crippen molar-refractivity contribution in [1.82, 2.24) is 0 Å². The molecule has 0 amide bonds. The first kappa shape index (κ1) is 17.4. The Labute approximate surface area is 154 Å². The van der Waals surface area contributed by atoms with Crippen LogP contribution in [0.2, 0.25) is 5.02 Å². The standard InChI is InChI=1S/C22H22ClNO/c1-16-7-6-10-21(17(16)2)24-14-19-13-20(23)11-12-22(19)25-15-18-8-4-3-5-9-18/h3-13,24H,14-15H2,1-2H3. The molecule has 0 heterocycles. The number of nitrogens with one attached hydrogen (secondary N) is 1. The molecule has 128 valence electrons. The zero-order valence-electron chi connectivity index (χ0n) is 14.6. The lowest BCUT2D eigenvalue weighted by Crippen LogP contribution is -2.05. The van der Waals surface area contributed by atoms with Crippen LogP contribution in [0, 0.1) is 13.8 Å². The Hall–Kier alpha value is -2.45. The SMILES string of the molecule is Cc1cccc(NCc2cc(Cl)ccc2OCc2ccccc2)c1C. The first-order valence-electron chi connectivity index (χ1n) is 8.39. The third-order valence-electron chi connectivity index (χ3n) is 4.33. The van der Waals surface area contributed by atoms with Crippen LogP contribution >= 0.6 is 11.6 Å². The van der Waals surface area contributed by atoms with E-state index >= 15 is 0 Å². The van der Waals surface area contributed by atoms with Gasteiger partial charge in [0, 0.05) is 22.8 Å². The number of halogens is 1. The van der Waals surface area contributed by atoms with E-state index in [9.17, 15) is 0 Å². The van der Waals surface area contributed by atoms with Crippen LogP contribution in [0.1, 0.15) is 22.3 Å². The minimum Gasteiger partial charge on any atom is -0.489 e. The van der Waals surface area contributed by atoms with Crippen molar-refractivity contribution in [2.45, 2.75) is 27.0 Å². The van der Waals surface area contributed by atoms with E-state index in [1.165, 1.54) is 11.1 Å². The minimum atomic E-state index is 0.541. The molecule has 0 saturated heterocycles. The van der Waals surface area contributed by atoms with Crippen LogP contribution in [0.3, 0.4) is 0 Å². The van der Waals surface area contributed by atoms with Gasteiger partial charge < -0.3 is 10.1 Å². The van der Waals surface area contributed by atoms with E-state index in [4.69, 9.17) is 16.3 Å². The van der Waals surface area contributed by atoms with Gasteiger partial charge in [-0.15, -0.1) is 0 Å². The zero-order valence-corrected chi connectivity index (χ0v) is 15.3. The van der Waals surface area contributed by atoms with Crippen molar-refractivity contribution in [2.75, 3.05) is 5.32 Å². The number of aryl methyl sites for hydroxylation is 1. The Morgan fingerprint density at radius 1 is 0.920 bits per heavy atom. The number of rotatable bonds is 6. The Bertz CT molecular complexity index is 846. The zero-order chi connectivity index (χ0) is 17.6. The second-order valence-electron chi connectivity index (χ2n) is 6.13. The van der Waals surface area contributed by atoms with Gasteiger partial charge in [-0.3, -0.25) is 0 Å². The molecule has 0 fully saturated rings. The molecule has 2 nitrogen and oxygen atoms in total. The minimum absolute atomic E-state index is 0.541. The quantitative estimate of drug-likeness (QED) is 0.575. The molecule has 3 aromatic carbocycles. The fourth-order valence-electron chi connectivity index (χ4n) is 2.70. The molecule has 0 aliphatic heterocycles. The van der Waals surface area contributed by atoms with E-state index in [2.05, 4.69) is 49.5 Å². The second-order valence-corrected chi connectivity index (χ2v) is 6.56. The highest BCUT2D eigenvalue weighted by atomic mass is 35.5. The number of hydrogen-bond donors (Lipinski definition) is 1. The van der Waals surface area contributed by atoms with Crippen molar-refractivity contribution < 1.29 is 4.74 Å². The molecule has 0 bridgehead atoms. The summed E-state index contributed by atoms with van der Waals surface area (Å²) in [6.07, 6.45) is 0. The average molecular weight is 352 g/mol. The molecule has 3 aromatic rings. The molecule has 25 heavy (non-hydrogen) atoms. The molecule has 0 unspecified atom stereocenters. The Balaban J connectivity index is 1.74. The summed E-state index contributed by atoms with van der Waals surface area (Å²) in [5.41, 5.74) is 5.86. The van der Waals surface area contributed by atoms with E-state index in [1.807, 2.05) is 36.4 Å². The molecule has 0 aliphatic rings. The van der Waals surface area contributed by atoms with Crippen molar-refractivity contribution in [3.8, 4) is 5.75 Å². The van der Waals surface area contributed by atoms with Crippen LogP contribution < -0.4 is 10.1 Å². The van der Waals surface area contributed by atoms with Crippen molar-refractivity contribution in [3.63, 3.8) is 0 Å². The summed E-state index contributed by atoms with van der Waals surface area (Å²) in [6, 6.07) is 22.2. The summed E-state index contributed by atoms with van der Waals surface area (Å²) >= 11 is 6.19. The summed E-state index contributed by atoms with van der Waals surface area (Å²) < 4.78 is 6.02. The normalized spacial score (nSPS) is 10.5. The van der Waals surface area contributed by atoms with Crippen LogP contribution in [0.25, 0.3) is 0 Å². The molecule has 0 saturated carbocycles. The lowest BCUT2D eigenvalue weighted by atomic mass is 10.1. The maximum Gasteiger partial charge on any atom is 0.124 e. The van der Waals surface area contributed by atoms with Gasteiger partial charge in [0.05, 0.1) is 0 Å². The van der Waals surface area contributed by atoms with E-state index in [-0.39, 0.29) is 0 Å². The molecule has 3 heteroatoms. The number of benzene rings is 3. The van der Waals surface area contributed by atoms with E-state index < -0.39 is 0 Å². The van der Waals surface area contributed by atoms with Gasteiger partial charge in [0.15, 0.2) is 0 Å². The van der Waals surface area contributed by atoms with Gasteiger partial charge >= 0.3 is 0 Å². The lowest BCUT2D eigenvalue weighted by Gasteiger charge is -2.15. The van der Waals surface area contributed by atoms with Crippen LogP contribution in [0.15, 0.2) is 66.7 Å². The average Bonchev–Trinajstić information content (AvgIpc) is 2.63. The maximum atomic E-state index is 6.19. The Morgan fingerprint density at radius 3 is 2.52 bits per heavy atom. The van der Waals surface area contributed by atoms with Gasteiger partial charge in [-0.1, -0.05) is 54.1 Å². The molecule has 1 N–H and O–H groups in total. The highest BCUT2D eigenvalue weighted by Crippen LogP contribution is 2.26. The second kappa shape index (κ2) is 8.09. The summed E-state index contributed by atoms with van der Waals surface area (Å²) in [6.45, 7) is 5.45. The molecule has 0 spiro atoms. The van der Waals surface area contributed by atoms with Crippen LogP contribution in [-0.2, 0) is 13.2 Å². The molecular formula is C22H22ClNO. The smallest absolute Gasteiger partial charge is 0.124 e. The van der Waals surface area contributed by atoms with Gasteiger partial charge in [-0.2, -0.15) is 0 Å². The number of anilines is 1. The third-order valence-corrected chi connectivity index (χ3v) is 4.57. The molecule has 0 atom stereocenters. The van der Waals surface area contributed by atoms with Gasteiger partial charge in [0.1, 0.15) is 12.4 Å². The molecule has 0 radical (unpaired) electrons. The van der Waals surface area contributed by atoms with Crippen LogP contribution in [-0.4, -0.2) is 0 Å². The topological polar surface area (TPSA) is 21.3 Å². The molecule has 0 aliphatic carbocycles. The Morgan fingerprint density at radius 2 is 1.72 bits per heavy atom. The first-order valence-corrected chi connectivity index (χ1v) is 8.76. The largest absolute Gasteiger partial charge is 0.489 e. The fraction of sp³-hybridized carbons (Fsp3) is 0.182. The maximum absolute atomic E-state index is 6.19. The van der Waals surface area contributed by atoms with Crippen molar-refractivity contribution in [2.24, 2.45) is 0 Å². The van der Waals surface area contributed by atoms with Gasteiger partial charge in [0.25, 0.3) is 0 Å². The molecular weight excluding hydrogens is 330 g/mol. The highest BCUT2D eigenvalue weighted by Gasteiger charge is 2.07. The molecule has 3 rings (SSSR count). The van der Waals surface area contributed by atoms with E-state index in [0.717, 1.165) is 22.6 Å². The first-order chi connectivity index (χ1) is 12.1. The van der Waals surface area contributed by atoms with Crippen molar-refractivity contribution >= 4 is 17.3 Å². The molecule has 0 aromatic heterocycles. The van der Waals surface area contributed by atoms with E-state index in [0.29, 0.717) is 18.2 Å². The predicted molar refractivity (Wildman–Crippen MR) is 105 cm³/mol. The lowest BCUT2D eigenvalue weighted by molar-refractivity contribution is 0.303. The van der Waals surface area contributed by atoms with Crippen LogP contribution in [0.5, 0.6) is 5.75 Å².